The average molecular weight is 322 g/mol. The summed E-state index contributed by atoms with van der Waals surface area (Å²) in [5.74, 6) is 0.991. The highest BCUT2D eigenvalue weighted by Gasteiger charge is 2.22. The summed E-state index contributed by atoms with van der Waals surface area (Å²) in [6.07, 6.45) is 0. The highest BCUT2D eigenvalue weighted by atomic mass is 35.5. The molecule has 0 radical (unpaired) electrons. The lowest BCUT2D eigenvalue weighted by Crippen LogP contribution is -2.33. The molecule has 1 aromatic rings. The van der Waals surface area contributed by atoms with Crippen molar-refractivity contribution < 1.29 is 17.9 Å². The second kappa shape index (κ2) is 8.46. The van der Waals surface area contributed by atoms with E-state index in [4.69, 9.17) is 21.1 Å². The number of benzene rings is 1. The Morgan fingerprint density at radius 3 is 2.35 bits per heavy atom. The maximum atomic E-state index is 12.4. The van der Waals surface area contributed by atoms with Crippen molar-refractivity contribution in [2.75, 3.05) is 39.3 Å². The van der Waals surface area contributed by atoms with Gasteiger partial charge in [0.2, 0.25) is 10.0 Å². The van der Waals surface area contributed by atoms with Crippen molar-refractivity contribution in [2.45, 2.75) is 11.8 Å². The summed E-state index contributed by atoms with van der Waals surface area (Å²) in [5, 5.41) is 0. The van der Waals surface area contributed by atoms with Crippen molar-refractivity contribution in [3.05, 3.63) is 24.3 Å². The van der Waals surface area contributed by atoms with E-state index in [0.717, 1.165) is 0 Å². The van der Waals surface area contributed by atoms with Crippen LogP contribution in [0.1, 0.15) is 6.92 Å². The topological polar surface area (TPSA) is 55.8 Å². The van der Waals surface area contributed by atoms with Gasteiger partial charge in [0.25, 0.3) is 0 Å². The molecular formula is C13H20ClNO4S. The first-order chi connectivity index (χ1) is 9.56. The predicted octanol–water partition coefficient (Wildman–Crippen LogP) is 1.96. The Morgan fingerprint density at radius 1 is 1.20 bits per heavy atom. The monoisotopic (exact) mass is 321 g/mol. The summed E-state index contributed by atoms with van der Waals surface area (Å²) in [5.41, 5.74) is 0. The van der Waals surface area contributed by atoms with Gasteiger partial charge >= 0.3 is 0 Å². The van der Waals surface area contributed by atoms with E-state index in [9.17, 15) is 8.42 Å². The molecule has 0 saturated heterocycles. The SMILES string of the molecule is CCN(CCOC)S(=O)(=O)c1ccc(OCCCl)cc1. The molecule has 114 valence electrons. The van der Waals surface area contributed by atoms with Crippen LogP contribution in [-0.2, 0) is 14.8 Å². The summed E-state index contributed by atoms with van der Waals surface area (Å²) >= 11 is 5.52. The van der Waals surface area contributed by atoms with Crippen LogP contribution >= 0.6 is 11.6 Å². The number of halogens is 1. The lowest BCUT2D eigenvalue weighted by Gasteiger charge is -2.20. The predicted molar refractivity (Wildman–Crippen MR) is 79.0 cm³/mol. The van der Waals surface area contributed by atoms with Crippen molar-refractivity contribution in [2.24, 2.45) is 0 Å². The minimum Gasteiger partial charge on any atom is -0.492 e. The molecule has 0 bridgehead atoms. The van der Waals surface area contributed by atoms with E-state index >= 15 is 0 Å². The normalized spacial score (nSPS) is 11.8. The minimum atomic E-state index is -3.49. The maximum Gasteiger partial charge on any atom is 0.243 e. The number of ether oxygens (including phenoxy) is 2. The molecule has 0 aliphatic heterocycles. The summed E-state index contributed by atoms with van der Waals surface area (Å²) in [7, 11) is -1.94. The Kier molecular flexibility index (Phi) is 7.29. The van der Waals surface area contributed by atoms with Gasteiger partial charge in [-0.2, -0.15) is 4.31 Å². The molecule has 0 amide bonds. The number of rotatable bonds is 9. The van der Waals surface area contributed by atoms with Crippen molar-refractivity contribution >= 4 is 21.6 Å². The highest BCUT2D eigenvalue weighted by molar-refractivity contribution is 7.89. The maximum absolute atomic E-state index is 12.4. The number of methoxy groups -OCH3 is 1. The number of hydrogen-bond donors (Lipinski definition) is 0. The van der Waals surface area contributed by atoms with Crippen LogP contribution < -0.4 is 4.74 Å². The zero-order chi connectivity index (χ0) is 15.0. The molecule has 5 nitrogen and oxygen atoms in total. The number of hydrogen-bond acceptors (Lipinski definition) is 4. The largest absolute Gasteiger partial charge is 0.492 e. The van der Waals surface area contributed by atoms with Crippen LogP contribution in [0.25, 0.3) is 0 Å². The van der Waals surface area contributed by atoms with E-state index in [0.29, 0.717) is 37.9 Å². The molecule has 20 heavy (non-hydrogen) atoms. The van der Waals surface area contributed by atoms with Gasteiger partial charge < -0.3 is 9.47 Å². The number of likely N-dealkylation sites (N-methyl/N-ethyl adjacent to an activating group) is 1. The molecule has 1 rings (SSSR count). The number of alkyl halides is 1. The summed E-state index contributed by atoms with van der Waals surface area (Å²) in [6, 6.07) is 6.33. The quantitative estimate of drug-likeness (QED) is 0.652. The van der Waals surface area contributed by atoms with Gasteiger partial charge in [-0.25, -0.2) is 8.42 Å². The first-order valence-corrected chi connectivity index (χ1v) is 8.31. The Bertz CT molecular complexity index is 490. The van der Waals surface area contributed by atoms with E-state index in [2.05, 4.69) is 0 Å². The molecule has 0 aromatic heterocycles. The van der Waals surface area contributed by atoms with Crippen molar-refractivity contribution in [1.82, 2.24) is 4.31 Å². The zero-order valence-electron chi connectivity index (χ0n) is 11.7. The molecule has 0 heterocycles. The van der Waals surface area contributed by atoms with E-state index in [1.807, 2.05) is 0 Å². The van der Waals surface area contributed by atoms with Crippen LogP contribution in [0.15, 0.2) is 29.2 Å². The van der Waals surface area contributed by atoms with E-state index in [1.54, 1.807) is 26.2 Å². The molecular weight excluding hydrogens is 302 g/mol. The smallest absolute Gasteiger partial charge is 0.243 e. The standard InChI is InChI=1S/C13H20ClNO4S/c1-3-15(9-11-18-2)20(16,17)13-6-4-12(5-7-13)19-10-8-14/h4-7H,3,8-11H2,1-2H3. The van der Waals surface area contributed by atoms with E-state index in [1.165, 1.54) is 16.4 Å². The second-order valence-electron chi connectivity index (χ2n) is 4.00. The fourth-order valence-corrected chi connectivity index (χ4v) is 3.16. The third-order valence-electron chi connectivity index (χ3n) is 2.70. The molecule has 0 unspecified atom stereocenters. The van der Waals surface area contributed by atoms with Crippen LogP contribution in [0.5, 0.6) is 5.75 Å². The summed E-state index contributed by atoms with van der Waals surface area (Å²) in [4.78, 5) is 0.244. The molecule has 0 atom stereocenters. The number of sulfonamides is 1. The van der Waals surface area contributed by atoms with E-state index < -0.39 is 10.0 Å². The van der Waals surface area contributed by atoms with Gasteiger partial charge in [0.15, 0.2) is 0 Å². The lowest BCUT2D eigenvalue weighted by molar-refractivity contribution is 0.180. The van der Waals surface area contributed by atoms with Gasteiger partial charge in [-0.05, 0) is 24.3 Å². The van der Waals surface area contributed by atoms with Gasteiger partial charge in [-0.3, -0.25) is 0 Å². The minimum absolute atomic E-state index is 0.244. The zero-order valence-corrected chi connectivity index (χ0v) is 13.3. The molecule has 0 N–H and O–H groups in total. The molecule has 0 aliphatic carbocycles. The molecule has 0 fully saturated rings. The molecule has 0 saturated carbocycles. The van der Waals surface area contributed by atoms with Gasteiger partial charge in [-0.1, -0.05) is 6.92 Å². The molecule has 7 heteroatoms. The van der Waals surface area contributed by atoms with Crippen LogP contribution in [0.2, 0.25) is 0 Å². The summed E-state index contributed by atoms with van der Waals surface area (Å²) < 4.78 is 36.4. The second-order valence-corrected chi connectivity index (χ2v) is 6.31. The Morgan fingerprint density at radius 2 is 1.85 bits per heavy atom. The Balaban J connectivity index is 2.85. The highest BCUT2D eigenvalue weighted by Crippen LogP contribution is 2.19. The van der Waals surface area contributed by atoms with Crippen molar-refractivity contribution in [1.29, 1.82) is 0 Å². The van der Waals surface area contributed by atoms with Gasteiger partial charge in [0.05, 0.1) is 17.4 Å². The van der Waals surface area contributed by atoms with Crippen LogP contribution in [-0.4, -0.2) is 52.0 Å². The fraction of sp³-hybridized carbons (Fsp3) is 0.538. The third kappa shape index (κ3) is 4.63. The van der Waals surface area contributed by atoms with Gasteiger partial charge in [0, 0.05) is 20.2 Å². The van der Waals surface area contributed by atoms with Gasteiger partial charge in [-0.15, -0.1) is 11.6 Å². The Labute approximate surface area is 125 Å². The first-order valence-electron chi connectivity index (χ1n) is 6.34. The molecule has 0 spiro atoms. The third-order valence-corrected chi connectivity index (χ3v) is 4.85. The Hall–Kier alpha value is -0.820. The van der Waals surface area contributed by atoms with E-state index in [-0.39, 0.29) is 4.90 Å². The van der Waals surface area contributed by atoms with Crippen molar-refractivity contribution in [3.63, 3.8) is 0 Å². The molecule has 0 aliphatic rings. The fourth-order valence-electron chi connectivity index (χ4n) is 1.65. The van der Waals surface area contributed by atoms with Crippen LogP contribution in [0.3, 0.4) is 0 Å². The van der Waals surface area contributed by atoms with Crippen LogP contribution in [0.4, 0.5) is 0 Å². The average Bonchev–Trinajstić information content (AvgIpc) is 2.46. The van der Waals surface area contributed by atoms with Gasteiger partial charge in [0.1, 0.15) is 12.4 Å². The molecule has 1 aromatic carbocycles. The summed E-state index contributed by atoms with van der Waals surface area (Å²) in [6.45, 7) is 3.29. The van der Waals surface area contributed by atoms with Crippen molar-refractivity contribution in [3.8, 4) is 5.75 Å². The first kappa shape index (κ1) is 17.2. The van der Waals surface area contributed by atoms with Crippen LogP contribution in [0, 0.1) is 0 Å². The lowest BCUT2D eigenvalue weighted by atomic mass is 10.3. The number of nitrogens with zero attached hydrogens (tertiary/aromatic N) is 1.